The van der Waals surface area contributed by atoms with Crippen molar-refractivity contribution in [2.24, 2.45) is 0 Å². The van der Waals surface area contributed by atoms with Crippen LogP contribution in [0, 0.1) is 11.3 Å². The zero-order chi connectivity index (χ0) is 22.4. The number of nitriles is 1. The van der Waals surface area contributed by atoms with Crippen LogP contribution in [0.15, 0.2) is 36.7 Å². The van der Waals surface area contributed by atoms with Gasteiger partial charge >= 0.3 is 0 Å². The second-order valence-corrected chi connectivity index (χ2v) is 9.50. The van der Waals surface area contributed by atoms with Crippen LogP contribution in [0.25, 0.3) is 10.9 Å². The number of rotatable bonds is 4. The van der Waals surface area contributed by atoms with Gasteiger partial charge in [-0.3, -0.25) is 14.6 Å². The van der Waals surface area contributed by atoms with Gasteiger partial charge in [-0.1, -0.05) is 0 Å². The van der Waals surface area contributed by atoms with Crippen molar-refractivity contribution < 1.29 is 4.74 Å². The van der Waals surface area contributed by atoms with Crippen molar-refractivity contribution in [1.82, 2.24) is 25.0 Å². The third-order valence-corrected chi connectivity index (χ3v) is 7.06. The van der Waals surface area contributed by atoms with Crippen molar-refractivity contribution >= 4 is 16.6 Å². The highest BCUT2D eigenvalue weighted by atomic mass is 16.5. The van der Waals surface area contributed by atoms with Crippen LogP contribution in [-0.2, 0) is 17.7 Å². The summed E-state index contributed by atoms with van der Waals surface area (Å²) in [6, 6.07) is 10.7. The molecule has 33 heavy (non-hydrogen) atoms. The van der Waals surface area contributed by atoms with Crippen molar-refractivity contribution in [2.45, 2.75) is 38.1 Å². The highest BCUT2D eigenvalue weighted by molar-refractivity contribution is 5.95. The van der Waals surface area contributed by atoms with E-state index in [-0.39, 0.29) is 12.2 Å². The Balaban J connectivity index is 1.13. The Morgan fingerprint density at radius 1 is 1.21 bits per heavy atom. The van der Waals surface area contributed by atoms with Crippen molar-refractivity contribution in [3.8, 4) is 6.07 Å². The van der Waals surface area contributed by atoms with E-state index in [0.717, 1.165) is 68.8 Å². The second kappa shape index (κ2) is 8.41. The lowest BCUT2D eigenvalue weighted by Gasteiger charge is -2.44. The van der Waals surface area contributed by atoms with Gasteiger partial charge < -0.3 is 15.0 Å². The van der Waals surface area contributed by atoms with E-state index >= 15 is 0 Å². The second-order valence-electron chi connectivity index (χ2n) is 9.50. The largest absolute Gasteiger partial charge is 0.370 e. The molecule has 3 aromatic rings. The molecule has 0 radical (unpaired) electrons. The first-order valence-electron chi connectivity index (χ1n) is 11.9. The first kappa shape index (κ1) is 20.6. The van der Waals surface area contributed by atoms with Gasteiger partial charge in [0, 0.05) is 81.3 Å². The summed E-state index contributed by atoms with van der Waals surface area (Å²) in [5.41, 5.74) is 5.14. The van der Waals surface area contributed by atoms with E-state index in [1.165, 1.54) is 11.3 Å². The summed E-state index contributed by atoms with van der Waals surface area (Å²) in [6.07, 6.45) is 5.31. The van der Waals surface area contributed by atoms with Gasteiger partial charge in [0.2, 0.25) is 0 Å². The highest BCUT2D eigenvalue weighted by Crippen LogP contribution is 2.31. The molecule has 6 rings (SSSR count). The summed E-state index contributed by atoms with van der Waals surface area (Å²) >= 11 is 0. The Kier molecular flexibility index (Phi) is 5.25. The number of morpholine rings is 1. The molecule has 3 aliphatic rings. The quantitative estimate of drug-likeness (QED) is 0.661. The fourth-order valence-electron chi connectivity index (χ4n) is 5.46. The molecule has 0 aliphatic carbocycles. The van der Waals surface area contributed by atoms with Crippen molar-refractivity contribution in [1.29, 1.82) is 5.26 Å². The maximum Gasteiger partial charge on any atom is 0.101 e. The average molecular weight is 444 g/mol. The lowest BCUT2D eigenvalue weighted by molar-refractivity contribution is -0.0489. The third-order valence-electron chi connectivity index (χ3n) is 7.06. The number of pyridine rings is 1. The van der Waals surface area contributed by atoms with Gasteiger partial charge in [0.15, 0.2) is 0 Å². The molecule has 170 valence electrons. The first-order valence-corrected chi connectivity index (χ1v) is 11.9. The third kappa shape index (κ3) is 3.86. The van der Waals surface area contributed by atoms with Crippen LogP contribution in [0.2, 0.25) is 0 Å². The Labute approximate surface area is 193 Å². The number of nitrogens with zero attached hydrogens (tertiary/aromatic N) is 6. The van der Waals surface area contributed by atoms with Crippen LogP contribution in [0.3, 0.4) is 0 Å². The van der Waals surface area contributed by atoms with E-state index in [2.05, 4.69) is 56.1 Å². The lowest BCUT2D eigenvalue weighted by atomic mass is 10.0. The minimum absolute atomic E-state index is 0.145. The van der Waals surface area contributed by atoms with E-state index in [4.69, 9.17) is 9.84 Å². The fraction of sp³-hybridized carbons (Fsp3) is 0.480. The molecular formula is C25H29N7O. The van der Waals surface area contributed by atoms with Crippen LogP contribution in [0.5, 0.6) is 0 Å². The predicted molar refractivity (Wildman–Crippen MR) is 126 cm³/mol. The summed E-state index contributed by atoms with van der Waals surface area (Å²) in [5, 5.41) is 18.8. The number of fused-ring (bicyclic) bond motifs is 2. The van der Waals surface area contributed by atoms with Crippen LogP contribution in [0.1, 0.15) is 29.8 Å². The van der Waals surface area contributed by atoms with Gasteiger partial charge in [-0.05, 0) is 31.2 Å². The number of ether oxygens (including phenoxy) is 1. The zero-order valence-electron chi connectivity index (χ0n) is 18.9. The van der Waals surface area contributed by atoms with Gasteiger partial charge in [0.05, 0.1) is 35.0 Å². The summed E-state index contributed by atoms with van der Waals surface area (Å²) < 4.78 is 8.51. The number of likely N-dealkylation sites (tertiary alicyclic amines) is 1. The molecule has 3 aliphatic heterocycles. The molecule has 1 N–H and O–H groups in total. The summed E-state index contributed by atoms with van der Waals surface area (Å²) in [4.78, 5) is 9.35. The topological polar surface area (TPSA) is 82.2 Å². The van der Waals surface area contributed by atoms with Crippen LogP contribution >= 0.6 is 0 Å². The van der Waals surface area contributed by atoms with Crippen molar-refractivity contribution in [2.75, 3.05) is 44.2 Å². The van der Waals surface area contributed by atoms with Crippen molar-refractivity contribution in [3.63, 3.8) is 0 Å². The molecule has 0 spiro atoms. The lowest BCUT2D eigenvalue weighted by Crippen LogP contribution is -2.56. The van der Waals surface area contributed by atoms with E-state index in [9.17, 15) is 5.26 Å². The molecule has 1 aromatic carbocycles. The molecule has 0 bridgehead atoms. The summed E-state index contributed by atoms with van der Waals surface area (Å²) in [6.45, 7) is 8.74. The Bertz CT molecular complexity index is 1190. The number of aromatic nitrogens is 3. The number of hydrogen-bond acceptors (Lipinski definition) is 7. The van der Waals surface area contributed by atoms with E-state index in [0.29, 0.717) is 11.6 Å². The molecule has 5 heterocycles. The van der Waals surface area contributed by atoms with Gasteiger partial charge in [-0.15, -0.1) is 0 Å². The molecule has 2 aromatic heterocycles. The normalized spacial score (nSPS) is 23.8. The maximum absolute atomic E-state index is 9.47. The SMILES string of the molecule is CC1CN(c2ccc(C#N)c3ncccc23)CC(CN2CC(n3cc4c(n3)CCNC4)C2)O1. The minimum atomic E-state index is 0.145. The summed E-state index contributed by atoms with van der Waals surface area (Å²) in [7, 11) is 0. The Morgan fingerprint density at radius 2 is 2.12 bits per heavy atom. The number of anilines is 1. The Morgan fingerprint density at radius 3 is 2.97 bits per heavy atom. The molecule has 8 heteroatoms. The van der Waals surface area contributed by atoms with Crippen LogP contribution in [-0.4, -0.2) is 71.1 Å². The average Bonchev–Trinajstić information content (AvgIpc) is 3.23. The van der Waals surface area contributed by atoms with Gasteiger partial charge in [0.25, 0.3) is 0 Å². The highest BCUT2D eigenvalue weighted by Gasteiger charge is 2.34. The molecule has 0 saturated carbocycles. The van der Waals surface area contributed by atoms with E-state index < -0.39 is 0 Å². The summed E-state index contributed by atoms with van der Waals surface area (Å²) in [5.74, 6) is 0. The fourth-order valence-corrected chi connectivity index (χ4v) is 5.46. The van der Waals surface area contributed by atoms with E-state index in [1.54, 1.807) is 6.20 Å². The molecule has 8 nitrogen and oxygen atoms in total. The van der Waals surface area contributed by atoms with Gasteiger partial charge in [0.1, 0.15) is 6.07 Å². The van der Waals surface area contributed by atoms with Crippen LogP contribution < -0.4 is 10.2 Å². The minimum Gasteiger partial charge on any atom is -0.370 e. The van der Waals surface area contributed by atoms with E-state index in [1.807, 2.05) is 12.1 Å². The van der Waals surface area contributed by atoms with Gasteiger partial charge in [-0.25, -0.2) is 0 Å². The number of hydrogen-bond donors (Lipinski definition) is 1. The first-order chi connectivity index (χ1) is 16.2. The molecular weight excluding hydrogens is 414 g/mol. The standard InChI is InChI=1S/C25H29N7O/c1-17-11-31(24-5-4-18(9-26)25-22(24)3-2-7-28-25)16-21(33-17)15-30-13-20(14-30)32-12-19-10-27-8-6-23(19)29-32/h2-5,7,12,17,20-21,27H,6,8,10-11,13-16H2,1H3. The molecule has 0 amide bonds. The molecule has 2 fully saturated rings. The smallest absolute Gasteiger partial charge is 0.101 e. The predicted octanol–water partition coefficient (Wildman–Crippen LogP) is 2.10. The van der Waals surface area contributed by atoms with Gasteiger partial charge in [-0.2, -0.15) is 10.4 Å². The maximum atomic E-state index is 9.47. The Hall–Kier alpha value is -2.99. The monoisotopic (exact) mass is 443 g/mol. The van der Waals surface area contributed by atoms with Crippen molar-refractivity contribution in [3.05, 3.63) is 53.5 Å². The van der Waals surface area contributed by atoms with Crippen LogP contribution in [0.4, 0.5) is 5.69 Å². The molecule has 2 saturated heterocycles. The number of benzene rings is 1. The zero-order valence-corrected chi connectivity index (χ0v) is 18.9. The number of nitrogens with one attached hydrogen (secondary N) is 1. The molecule has 2 atom stereocenters. The molecule has 2 unspecified atom stereocenters.